The summed E-state index contributed by atoms with van der Waals surface area (Å²) < 4.78 is 7.85. The van der Waals surface area contributed by atoms with Crippen LogP contribution in [0, 0.1) is 0 Å². The lowest BCUT2D eigenvalue weighted by Gasteiger charge is -2.26. The molecule has 0 amide bonds. The molecular formula is C25H24N2O2. The van der Waals surface area contributed by atoms with Gasteiger partial charge < -0.3 is 14.2 Å². The number of benzene rings is 2. The average molecular weight is 384 g/mol. The molecule has 1 aliphatic heterocycles. The van der Waals surface area contributed by atoms with E-state index in [0.717, 1.165) is 48.1 Å². The van der Waals surface area contributed by atoms with Crippen LogP contribution < -0.4 is 10.3 Å². The van der Waals surface area contributed by atoms with Crippen LogP contribution in [0.4, 0.5) is 0 Å². The van der Waals surface area contributed by atoms with Gasteiger partial charge >= 0.3 is 0 Å². The zero-order valence-corrected chi connectivity index (χ0v) is 16.6. The van der Waals surface area contributed by atoms with Gasteiger partial charge in [0.25, 0.3) is 5.56 Å². The van der Waals surface area contributed by atoms with Crippen molar-refractivity contribution in [3.8, 4) is 5.75 Å². The van der Waals surface area contributed by atoms with Crippen molar-refractivity contribution in [3.63, 3.8) is 0 Å². The van der Waals surface area contributed by atoms with Gasteiger partial charge in [-0.15, -0.1) is 0 Å². The van der Waals surface area contributed by atoms with Crippen LogP contribution in [0.3, 0.4) is 0 Å². The smallest absolute Gasteiger partial charge is 0.250 e. The molecule has 1 aromatic heterocycles. The Hall–Kier alpha value is -3.27. The van der Waals surface area contributed by atoms with Crippen LogP contribution in [0.1, 0.15) is 16.7 Å². The monoisotopic (exact) mass is 384 g/mol. The third-order valence-electron chi connectivity index (χ3n) is 6.00. The number of aryl methyl sites for hydroxylation is 1. The second-order valence-corrected chi connectivity index (χ2v) is 7.74. The predicted octanol–water partition coefficient (Wildman–Crippen LogP) is 3.97. The van der Waals surface area contributed by atoms with Gasteiger partial charge in [-0.1, -0.05) is 30.3 Å². The molecular weight excluding hydrogens is 360 g/mol. The van der Waals surface area contributed by atoms with E-state index in [1.807, 2.05) is 31.3 Å². The van der Waals surface area contributed by atoms with Crippen molar-refractivity contribution in [3.05, 3.63) is 99.5 Å². The number of para-hydroxylation sites is 1. The first kappa shape index (κ1) is 17.8. The second kappa shape index (κ2) is 7.28. The largest absolute Gasteiger partial charge is 0.489 e. The molecule has 0 saturated carbocycles. The number of pyridine rings is 1. The first-order valence-electron chi connectivity index (χ1n) is 10.1. The summed E-state index contributed by atoms with van der Waals surface area (Å²) in [6.45, 7) is 2.54. The Balaban J connectivity index is 1.35. The Labute approximate surface area is 170 Å². The van der Waals surface area contributed by atoms with Crippen LogP contribution in [0.25, 0.3) is 10.9 Å². The van der Waals surface area contributed by atoms with Crippen molar-refractivity contribution in [1.82, 2.24) is 9.47 Å². The van der Waals surface area contributed by atoms with E-state index in [1.54, 1.807) is 10.6 Å². The van der Waals surface area contributed by atoms with Gasteiger partial charge in [0.1, 0.15) is 12.4 Å². The molecule has 5 rings (SSSR count). The maximum absolute atomic E-state index is 12.1. The van der Waals surface area contributed by atoms with Crippen molar-refractivity contribution < 1.29 is 4.74 Å². The van der Waals surface area contributed by atoms with Crippen molar-refractivity contribution in [2.75, 3.05) is 13.1 Å². The summed E-state index contributed by atoms with van der Waals surface area (Å²) in [5.41, 5.74) is 6.09. The normalized spacial score (nSPS) is 15.5. The minimum absolute atomic E-state index is 0.00374. The summed E-state index contributed by atoms with van der Waals surface area (Å²) in [6.07, 6.45) is 8.55. The van der Waals surface area contributed by atoms with Gasteiger partial charge in [0, 0.05) is 37.5 Å². The molecule has 0 N–H and O–H groups in total. The highest BCUT2D eigenvalue weighted by Gasteiger charge is 2.17. The zero-order chi connectivity index (χ0) is 19.8. The fourth-order valence-corrected chi connectivity index (χ4v) is 4.26. The molecule has 4 heteroatoms. The van der Waals surface area contributed by atoms with Crippen molar-refractivity contribution in [1.29, 1.82) is 0 Å². The number of hydrogen-bond donors (Lipinski definition) is 0. The lowest BCUT2D eigenvalue weighted by Crippen LogP contribution is -2.26. The number of fused-ring (bicyclic) bond motifs is 2. The molecule has 146 valence electrons. The molecule has 2 heterocycles. The molecule has 2 aromatic carbocycles. The summed E-state index contributed by atoms with van der Waals surface area (Å²) in [4.78, 5) is 14.5. The van der Waals surface area contributed by atoms with E-state index >= 15 is 0 Å². The standard InChI is InChI=1S/C25H24N2O2/c1-26-24(28)11-9-19-4-2-5-21(25(19)26)17-29-23-10-8-18-12-14-27(22-6-3-7-22)15-13-20(18)16-23/h2-11,16H,12-15,17H2,1H3. The number of rotatable bonds is 4. The summed E-state index contributed by atoms with van der Waals surface area (Å²) in [7, 11) is 1.81. The van der Waals surface area contributed by atoms with Crippen LogP contribution in [0.5, 0.6) is 5.75 Å². The van der Waals surface area contributed by atoms with Crippen molar-refractivity contribution in [2.24, 2.45) is 7.05 Å². The van der Waals surface area contributed by atoms with Gasteiger partial charge in [0.2, 0.25) is 0 Å². The van der Waals surface area contributed by atoms with Crippen LogP contribution in [0.15, 0.2) is 77.3 Å². The van der Waals surface area contributed by atoms with Crippen LogP contribution in [-0.2, 0) is 26.5 Å². The van der Waals surface area contributed by atoms with E-state index in [4.69, 9.17) is 4.74 Å². The Kier molecular flexibility index (Phi) is 4.47. The number of hydrogen-bond acceptors (Lipinski definition) is 3. The third kappa shape index (κ3) is 3.35. The van der Waals surface area contributed by atoms with E-state index in [9.17, 15) is 4.79 Å². The topological polar surface area (TPSA) is 34.5 Å². The Bertz CT molecular complexity index is 1200. The molecule has 0 spiro atoms. The summed E-state index contributed by atoms with van der Waals surface area (Å²) in [5, 5.41) is 1.05. The predicted molar refractivity (Wildman–Crippen MR) is 116 cm³/mol. The molecule has 4 nitrogen and oxygen atoms in total. The SMILES string of the molecule is Cn1c(=O)ccc2cccc(COc3ccc4c(c3)CCN(C3=CC=C3)CC4)c21. The van der Waals surface area contributed by atoms with Gasteiger partial charge in [-0.05, 0) is 59.7 Å². The zero-order valence-electron chi connectivity index (χ0n) is 16.6. The molecule has 0 atom stereocenters. The first-order chi connectivity index (χ1) is 14.2. The minimum Gasteiger partial charge on any atom is -0.489 e. The number of aromatic nitrogens is 1. The van der Waals surface area contributed by atoms with Crippen LogP contribution >= 0.6 is 0 Å². The molecule has 29 heavy (non-hydrogen) atoms. The maximum Gasteiger partial charge on any atom is 0.250 e. The van der Waals surface area contributed by atoms with Gasteiger partial charge in [-0.2, -0.15) is 0 Å². The average Bonchev–Trinajstić information content (AvgIpc) is 2.90. The lowest BCUT2D eigenvalue weighted by molar-refractivity contribution is 0.306. The molecule has 3 aromatic rings. The Morgan fingerprint density at radius 2 is 1.83 bits per heavy atom. The fraction of sp³-hybridized carbons (Fsp3) is 0.240. The summed E-state index contributed by atoms with van der Waals surface area (Å²) in [6, 6.07) is 16.0. The van der Waals surface area contributed by atoms with E-state index in [2.05, 4.69) is 41.3 Å². The molecule has 0 saturated heterocycles. The van der Waals surface area contributed by atoms with Gasteiger partial charge in [-0.3, -0.25) is 4.79 Å². The maximum atomic E-state index is 12.1. The molecule has 0 radical (unpaired) electrons. The Morgan fingerprint density at radius 3 is 2.62 bits per heavy atom. The quantitative estimate of drug-likeness (QED) is 0.683. The van der Waals surface area contributed by atoms with Crippen molar-refractivity contribution in [2.45, 2.75) is 19.4 Å². The second-order valence-electron chi connectivity index (χ2n) is 7.74. The molecule has 0 fully saturated rings. The van der Waals surface area contributed by atoms with Gasteiger partial charge in [0.05, 0.1) is 5.52 Å². The highest BCUT2D eigenvalue weighted by atomic mass is 16.5. The number of nitrogens with zero attached hydrogens (tertiary/aromatic N) is 2. The fourth-order valence-electron chi connectivity index (χ4n) is 4.26. The highest BCUT2D eigenvalue weighted by molar-refractivity contribution is 5.82. The van der Waals surface area contributed by atoms with Crippen LogP contribution in [0.2, 0.25) is 0 Å². The first-order valence-corrected chi connectivity index (χ1v) is 10.1. The van der Waals surface area contributed by atoms with E-state index in [0.29, 0.717) is 6.61 Å². The summed E-state index contributed by atoms with van der Waals surface area (Å²) in [5.74, 6) is 0.887. The van der Waals surface area contributed by atoms with Crippen LogP contribution in [-0.4, -0.2) is 22.6 Å². The minimum atomic E-state index is -0.00374. The number of allylic oxidation sites excluding steroid dienone is 3. The summed E-state index contributed by atoms with van der Waals surface area (Å²) >= 11 is 0. The van der Waals surface area contributed by atoms with E-state index in [-0.39, 0.29) is 5.56 Å². The van der Waals surface area contributed by atoms with Gasteiger partial charge in [-0.25, -0.2) is 0 Å². The molecule has 2 aliphatic rings. The van der Waals surface area contributed by atoms with Gasteiger partial charge in [0.15, 0.2) is 0 Å². The molecule has 0 unspecified atom stereocenters. The molecule has 0 bridgehead atoms. The Morgan fingerprint density at radius 1 is 1.00 bits per heavy atom. The number of ether oxygens (including phenoxy) is 1. The van der Waals surface area contributed by atoms with E-state index in [1.165, 1.54) is 16.8 Å². The third-order valence-corrected chi connectivity index (χ3v) is 6.00. The lowest BCUT2D eigenvalue weighted by atomic mass is 10.0. The molecule has 1 aliphatic carbocycles. The highest BCUT2D eigenvalue weighted by Crippen LogP contribution is 2.26. The van der Waals surface area contributed by atoms with Crippen molar-refractivity contribution >= 4 is 10.9 Å². The van der Waals surface area contributed by atoms with E-state index < -0.39 is 0 Å².